The van der Waals surface area contributed by atoms with E-state index in [4.69, 9.17) is 4.98 Å². The summed E-state index contributed by atoms with van der Waals surface area (Å²) in [6, 6.07) is 26.5. The third kappa shape index (κ3) is 3.49. The van der Waals surface area contributed by atoms with Gasteiger partial charge in [-0.25, -0.2) is 4.98 Å². The summed E-state index contributed by atoms with van der Waals surface area (Å²) in [7, 11) is 0. The number of piperidine rings is 1. The van der Waals surface area contributed by atoms with Crippen LogP contribution >= 0.6 is 11.8 Å². The quantitative estimate of drug-likeness (QED) is 0.582. The van der Waals surface area contributed by atoms with Crippen LogP contribution in [-0.2, 0) is 19.4 Å². The first-order valence-corrected chi connectivity index (χ1v) is 11.1. The lowest BCUT2D eigenvalue weighted by Gasteiger charge is -2.52. The third-order valence-electron chi connectivity index (χ3n) is 6.22. The summed E-state index contributed by atoms with van der Waals surface area (Å²) in [6.45, 7) is 2.23. The molecule has 1 aromatic heterocycles. The molecule has 1 unspecified atom stereocenters. The van der Waals surface area contributed by atoms with Crippen molar-refractivity contribution in [2.45, 2.75) is 42.6 Å². The van der Waals surface area contributed by atoms with Crippen molar-refractivity contribution in [3.05, 3.63) is 95.7 Å². The zero-order valence-electron chi connectivity index (χ0n) is 16.1. The third-order valence-corrected chi connectivity index (χ3v) is 7.83. The van der Waals surface area contributed by atoms with Gasteiger partial charge >= 0.3 is 0 Å². The van der Waals surface area contributed by atoms with Crippen molar-refractivity contribution in [2.24, 2.45) is 5.41 Å². The molecule has 2 aromatic carbocycles. The van der Waals surface area contributed by atoms with E-state index in [-0.39, 0.29) is 5.41 Å². The molecule has 2 nitrogen and oxygen atoms in total. The van der Waals surface area contributed by atoms with Crippen molar-refractivity contribution >= 4 is 11.8 Å². The molecule has 0 radical (unpaired) electrons. The van der Waals surface area contributed by atoms with Gasteiger partial charge in [0.2, 0.25) is 0 Å². The van der Waals surface area contributed by atoms with Gasteiger partial charge in [-0.2, -0.15) is 0 Å². The van der Waals surface area contributed by atoms with Gasteiger partial charge in [-0.15, -0.1) is 0 Å². The molecule has 0 aliphatic carbocycles. The highest BCUT2D eigenvalue weighted by molar-refractivity contribution is 7.99. The number of aromatic nitrogens is 1. The summed E-state index contributed by atoms with van der Waals surface area (Å²) in [4.78, 5) is 7.44. The highest BCUT2D eigenvalue weighted by Crippen LogP contribution is 2.51. The Morgan fingerprint density at radius 3 is 2.25 bits per heavy atom. The first-order valence-electron chi connectivity index (χ1n) is 10.2. The molecule has 5 rings (SSSR count). The molecule has 3 heterocycles. The number of thioether (sulfide) groups is 1. The summed E-state index contributed by atoms with van der Waals surface area (Å²) in [5.74, 6) is 0. The van der Waals surface area contributed by atoms with Gasteiger partial charge in [0, 0.05) is 18.2 Å². The average molecular weight is 387 g/mol. The maximum atomic E-state index is 4.73. The number of fused-ring (bicyclic) bond motifs is 2. The van der Waals surface area contributed by atoms with Gasteiger partial charge in [-0.1, -0.05) is 78.5 Å². The fourth-order valence-electron chi connectivity index (χ4n) is 5.02. The SMILES string of the molecule is c1ccc(CC2(Cc3ccccc3)CCCN3Cc4cccnc4SC32)cc1. The number of nitrogens with zero attached hydrogens (tertiary/aromatic N) is 2. The molecule has 1 fully saturated rings. The minimum atomic E-state index is 0.223. The van der Waals surface area contributed by atoms with Gasteiger partial charge in [0.05, 0.1) is 5.37 Å². The second-order valence-corrected chi connectivity index (χ2v) is 9.27. The second kappa shape index (κ2) is 7.73. The Morgan fingerprint density at radius 2 is 1.57 bits per heavy atom. The Hall–Kier alpha value is -2.10. The van der Waals surface area contributed by atoms with Crippen LogP contribution in [0.25, 0.3) is 0 Å². The summed E-state index contributed by atoms with van der Waals surface area (Å²) < 4.78 is 0. The highest BCUT2D eigenvalue weighted by atomic mass is 32.2. The molecule has 0 saturated carbocycles. The van der Waals surface area contributed by atoms with Crippen LogP contribution in [0.5, 0.6) is 0 Å². The molecule has 0 amide bonds. The fraction of sp³-hybridized carbons (Fsp3) is 0.320. The van der Waals surface area contributed by atoms with E-state index in [0.717, 1.165) is 19.4 Å². The molecular formula is C25H26N2S. The molecular weight excluding hydrogens is 360 g/mol. The molecule has 3 aromatic rings. The first kappa shape index (κ1) is 18.0. The van der Waals surface area contributed by atoms with Gasteiger partial charge in [-0.3, -0.25) is 4.90 Å². The Kier molecular flexibility index (Phi) is 4.96. The molecule has 2 aliphatic heterocycles. The van der Waals surface area contributed by atoms with Crippen molar-refractivity contribution in [3.63, 3.8) is 0 Å². The van der Waals surface area contributed by atoms with E-state index in [9.17, 15) is 0 Å². The Balaban J connectivity index is 1.54. The number of rotatable bonds is 4. The van der Waals surface area contributed by atoms with Crippen molar-refractivity contribution in [1.82, 2.24) is 9.88 Å². The summed E-state index contributed by atoms with van der Waals surface area (Å²) in [5, 5.41) is 1.71. The minimum Gasteiger partial charge on any atom is -0.286 e. The van der Waals surface area contributed by atoms with Crippen LogP contribution in [0.2, 0.25) is 0 Å². The molecule has 142 valence electrons. The number of benzene rings is 2. The summed E-state index contributed by atoms with van der Waals surface area (Å²) in [5.41, 5.74) is 4.51. The van der Waals surface area contributed by atoms with E-state index < -0.39 is 0 Å². The van der Waals surface area contributed by atoms with E-state index >= 15 is 0 Å². The minimum absolute atomic E-state index is 0.223. The molecule has 2 aliphatic rings. The van der Waals surface area contributed by atoms with Gasteiger partial charge in [0.1, 0.15) is 5.03 Å². The van der Waals surface area contributed by atoms with Crippen molar-refractivity contribution < 1.29 is 0 Å². The lowest BCUT2D eigenvalue weighted by atomic mass is 9.70. The predicted octanol–water partition coefficient (Wildman–Crippen LogP) is 5.58. The van der Waals surface area contributed by atoms with Crippen molar-refractivity contribution in [1.29, 1.82) is 0 Å². The highest BCUT2D eigenvalue weighted by Gasteiger charge is 2.47. The number of hydrogen-bond acceptors (Lipinski definition) is 3. The van der Waals surface area contributed by atoms with Crippen LogP contribution < -0.4 is 0 Å². The van der Waals surface area contributed by atoms with Crippen LogP contribution in [0.3, 0.4) is 0 Å². The predicted molar refractivity (Wildman–Crippen MR) is 116 cm³/mol. The molecule has 1 saturated heterocycles. The van der Waals surface area contributed by atoms with Gasteiger partial charge in [0.15, 0.2) is 0 Å². The van der Waals surface area contributed by atoms with Crippen molar-refractivity contribution in [3.8, 4) is 0 Å². The number of hydrogen-bond donors (Lipinski definition) is 0. The molecule has 0 spiro atoms. The van der Waals surface area contributed by atoms with E-state index in [2.05, 4.69) is 77.7 Å². The monoisotopic (exact) mass is 386 g/mol. The maximum absolute atomic E-state index is 4.73. The zero-order valence-corrected chi connectivity index (χ0v) is 16.9. The fourth-order valence-corrected chi connectivity index (χ4v) is 6.50. The lowest BCUT2D eigenvalue weighted by Crippen LogP contribution is -2.53. The Morgan fingerprint density at radius 1 is 0.893 bits per heavy atom. The summed E-state index contributed by atoms with van der Waals surface area (Å²) in [6.07, 6.45) is 6.73. The van der Waals surface area contributed by atoms with E-state index in [1.807, 2.05) is 18.0 Å². The normalized spacial score (nSPS) is 20.9. The smallest absolute Gasteiger partial charge is 0.102 e. The number of pyridine rings is 1. The van der Waals surface area contributed by atoms with Gasteiger partial charge < -0.3 is 0 Å². The molecule has 28 heavy (non-hydrogen) atoms. The molecule has 3 heteroatoms. The topological polar surface area (TPSA) is 16.1 Å². The molecule has 0 bridgehead atoms. The molecule has 0 N–H and O–H groups in total. The Bertz CT molecular complexity index is 884. The van der Waals surface area contributed by atoms with Crippen LogP contribution in [0.1, 0.15) is 29.5 Å². The van der Waals surface area contributed by atoms with Gasteiger partial charge in [-0.05, 0) is 55.0 Å². The van der Waals surface area contributed by atoms with Crippen LogP contribution in [-0.4, -0.2) is 21.8 Å². The zero-order chi connectivity index (χ0) is 18.8. The molecule has 1 atom stereocenters. The van der Waals surface area contributed by atoms with Crippen molar-refractivity contribution in [2.75, 3.05) is 6.54 Å². The lowest BCUT2D eigenvalue weighted by molar-refractivity contribution is 0.0552. The second-order valence-electron chi connectivity index (χ2n) is 8.20. The standard InChI is InChI=1S/C25H26N2S/c1-3-9-20(10-4-1)17-25(18-21-11-5-2-6-12-21)14-8-16-27-19-22-13-7-15-26-23(22)28-24(25)27/h1-7,9-13,15,24H,8,14,16-19H2. The van der Waals surface area contributed by atoms with Gasteiger partial charge in [0.25, 0.3) is 0 Å². The largest absolute Gasteiger partial charge is 0.286 e. The maximum Gasteiger partial charge on any atom is 0.102 e. The van der Waals surface area contributed by atoms with E-state index in [0.29, 0.717) is 5.37 Å². The van der Waals surface area contributed by atoms with Crippen LogP contribution in [0.4, 0.5) is 0 Å². The van der Waals surface area contributed by atoms with E-state index in [1.165, 1.54) is 41.1 Å². The first-order chi connectivity index (χ1) is 13.8. The Labute approximate surface area is 172 Å². The summed E-state index contributed by atoms with van der Waals surface area (Å²) >= 11 is 2.00. The van der Waals surface area contributed by atoms with Crippen LogP contribution in [0.15, 0.2) is 84.0 Å². The van der Waals surface area contributed by atoms with Crippen LogP contribution in [0, 0.1) is 5.41 Å². The average Bonchev–Trinajstić information content (AvgIpc) is 2.74. The van der Waals surface area contributed by atoms with E-state index in [1.54, 1.807) is 0 Å².